The maximum atomic E-state index is 15.2. The van der Waals surface area contributed by atoms with Crippen LogP contribution in [0.1, 0.15) is 46.3 Å². The van der Waals surface area contributed by atoms with E-state index in [4.69, 9.17) is 21.3 Å². The van der Waals surface area contributed by atoms with E-state index in [9.17, 15) is 9.59 Å². The second-order valence-electron chi connectivity index (χ2n) is 9.58. The standard InChI is InChI=1S/C28H23ClF2N4O3/c1-38-18-11-20(30)24(21(31)12-18)19-13-35(23-3-2-10-34-14-22(15-4-5-15)32-26(23)34)28(37)25(19)33-27(36)16-6-8-17(29)9-7-16/h2-3,6-12,14-15,19,25H,4-5,13H2,1H3,(H,33,36)/t19-,25-/m0/s1. The average molecular weight is 537 g/mol. The first-order chi connectivity index (χ1) is 18.3. The van der Waals surface area contributed by atoms with Crippen molar-refractivity contribution in [3.05, 3.63) is 94.4 Å². The summed E-state index contributed by atoms with van der Waals surface area (Å²) in [6.45, 7) is -0.0597. The molecule has 2 aromatic heterocycles. The van der Waals surface area contributed by atoms with Crippen molar-refractivity contribution in [3.63, 3.8) is 0 Å². The van der Waals surface area contributed by atoms with Gasteiger partial charge in [0, 0.05) is 59.1 Å². The highest BCUT2D eigenvalue weighted by molar-refractivity contribution is 6.30. The Hall–Kier alpha value is -3.98. The fourth-order valence-corrected chi connectivity index (χ4v) is 5.16. The highest BCUT2D eigenvalue weighted by Crippen LogP contribution is 2.41. The molecule has 10 heteroatoms. The fraction of sp³-hybridized carbons (Fsp3) is 0.250. The van der Waals surface area contributed by atoms with Crippen molar-refractivity contribution < 1.29 is 23.1 Å². The Kier molecular flexibility index (Phi) is 6.03. The zero-order chi connectivity index (χ0) is 26.6. The molecule has 2 amide bonds. The smallest absolute Gasteiger partial charge is 0.251 e. The Morgan fingerprint density at radius 3 is 2.50 bits per heavy atom. The molecule has 1 aliphatic heterocycles. The van der Waals surface area contributed by atoms with E-state index in [2.05, 4.69) is 5.32 Å². The molecule has 7 nitrogen and oxygen atoms in total. The number of hydrogen-bond donors (Lipinski definition) is 1. The van der Waals surface area contributed by atoms with Crippen LogP contribution in [0.5, 0.6) is 5.75 Å². The SMILES string of the molecule is COc1cc(F)c([C@@H]2CN(c3cccn4cc(C5CC5)nc34)C(=O)[C@H]2NC(=O)c2ccc(Cl)cc2)c(F)c1. The monoisotopic (exact) mass is 536 g/mol. The zero-order valence-electron chi connectivity index (χ0n) is 20.3. The molecule has 1 N–H and O–H groups in total. The Morgan fingerprint density at radius 1 is 1.13 bits per heavy atom. The van der Waals surface area contributed by atoms with Crippen LogP contribution in [0.15, 0.2) is 60.9 Å². The molecule has 0 unspecified atom stereocenters. The van der Waals surface area contributed by atoms with Gasteiger partial charge in [-0.2, -0.15) is 0 Å². The number of pyridine rings is 1. The van der Waals surface area contributed by atoms with Crippen molar-refractivity contribution in [1.29, 1.82) is 0 Å². The quantitative estimate of drug-likeness (QED) is 0.373. The highest BCUT2D eigenvalue weighted by atomic mass is 35.5. The predicted molar refractivity (Wildman–Crippen MR) is 138 cm³/mol. The van der Waals surface area contributed by atoms with Gasteiger partial charge in [-0.25, -0.2) is 13.8 Å². The van der Waals surface area contributed by atoms with Gasteiger partial charge in [0.15, 0.2) is 5.65 Å². The lowest BCUT2D eigenvalue weighted by Gasteiger charge is -2.20. The molecule has 1 saturated carbocycles. The molecule has 1 saturated heterocycles. The molecule has 194 valence electrons. The summed E-state index contributed by atoms with van der Waals surface area (Å²) in [5.41, 5.74) is 1.99. The predicted octanol–water partition coefficient (Wildman–Crippen LogP) is 5.08. The normalized spacial score (nSPS) is 19.3. The molecule has 0 bridgehead atoms. The van der Waals surface area contributed by atoms with E-state index in [1.807, 2.05) is 16.8 Å². The van der Waals surface area contributed by atoms with Crippen LogP contribution in [-0.2, 0) is 4.79 Å². The van der Waals surface area contributed by atoms with E-state index in [0.29, 0.717) is 22.3 Å². The van der Waals surface area contributed by atoms with Crippen molar-refractivity contribution in [2.24, 2.45) is 0 Å². The van der Waals surface area contributed by atoms with Gasteiger partial charge in [-0.1, -0.05) is 11.6 Å². The first kappa shape index (κ1) is 24.4. The number of nitrogens with zero attached hydrogens (tertiary/aromatic N) is 3. The number of ether oxygens (including phenoxy) is 1. The maximum absolute atomic E-state index is 15.2. The lowest BCUT2D eigenvalue weighted by Crippen LogP contribution is -2.44. The molecule has 0 radical (unpaired) electrons. The third kappa shape index (κ3) is 4.26. The maximum Gasteiger partial charge on any atom is 0.251 e. The van der Waals surface area contributed by atoms with Crippen molar-refractivity contribution >= 4 is 34.7 Å². The number of amides is 2. The summed E-state index contributed by atoms with van der Waals surface area (Å²) >= 11 is 5.94. The molecule has 6 rings (SSSR count). The largest absolute Gasteiger partial charge is 0.497 e. The van der Waals surface area contributed by atoms with Gasteiger partial charge in [-0.15, -0.1) is 0 Å². The lowest BCUT2D eigenvalue weighted by atomic mass is 9.92. The number of imidazole rings is 1. The van der Waals surface area contributed by atoms with Gasteiger partial charge in [0.05, 0.1) is 18.5 Å². The summed E-state index contributed by atoms with van der Waals surface area (Å²) in [5.74, 6) is -3.36. The molecule has 3 heterocycles. The Labute approximate surface area is 222 Å². The Bertz CT molecular complexity index is 1550. The minimum Gasteiger partial charge on any atom is -0.497 e. The van der Waals surface area contributed by atoms with Crippen LogP contribution >= 0.6 is 11.6 Å². The second-order valence-corrected chi connectivity index (χ2v) is 10.0. The van der Waals surface area contributed by atoms with E-state index >= 15 is 8.78 Å². The molecule has 2 fully saturated rings. The van der Waals surface area contributed by atoms with E-state index in [1.165, 1.54) is 24.1 Å². The Balaban J connectivity index is 1.41. The van der Waals surface area contributed by atoms with Gasteiger partial charge in [0.1, 0.15) is 23.4 Å². The molecule has 38 heavy (non-hydrogen) atoms. The number of carbonyl (C=O) groups is 2. The summed E-state index contributed by atoms with van der Waals surface area (Å²) in [4.78, 5) is 33.1. The van der Waals surface area contributed by atoms with E-state index < -0.39 is 35.4 Å². The third-order valence-electron chi connectivity index (χ3n) is 7.13. The third-order valence-corrected chi connectivity index (χ3v) is 7.38. The molecule has 2 atom stereocenters. The number of anilines is 1. The van der Waals surface area contributed by atoms with Crippen molar-refractivity contribution in [1.82, 2.24) is 14.7 Å². The summed E-state index contributed by atoms with van der Waals surface area (Å²) < 4.78 is 37.3. The topological polar surface area (TPSA) is 75.9 Å². The van der Waals surface area contributed by atoms with Gasteiger partial charge in [0.25, 0.3) is 5.91 Å². The van der Waals surface area contributed by atoms with Crippen LogP contribution in [0.4, 0.5) is 14.5 Å². The summed E-state index contributed by atoms with van der Waals surface area (Å²) in [7, 11) is 1.31. The molecule has 1 aliphatic carbocycles. The summed E-state index contributed by atoms with van der Waals surface area (Å²) in [5, 5.41) is 3.16. The number of aromatic nitrogens is 2. The molecule has 0 spiro atoms. The van der Waals surface area contributed by atoms with Crippen LogP contribution in [0.2, 0.25) is 5.02 Å². The van der Waals surface area contributed by atoms with Crippen LogP contribution in [-0.4, -0.2) is 40.9 Å². The Morgan fingerprint density at radius 2 is 1.84 bits per heavy atom. The molecular weight excluding hydrogens is 514 g/mol. The van der Waals surface area contributed by atoms with Gasteiger partial charge < -0.3 is 19.4 Å². The number of benzene rings is 2. The number of fused-ring (bicyclic) bond motifs is 1. The number of rotatable bonds is 6. The van der Waals surface area contributed by atoms with Gasteiger partial charge >= 0.3 is 0 Å². The summed E-state index contributed by atoms with van der Waals surface area (Å²) in [6.07, 6.45) is 5.92. The van der Waals surface area contributed by atoms with Gasteiger partial charge in [-0.05, 0) is 49.2 Å². The number of methoxy groups -OCH3 is 1. The van der Waals surface area contributed by atoms with Gasteiger partial charge in [-0.3, -0.25) is 9.59 Å². The number of halogens is 3. The fourth-order valence-electron chi connectivity index (χ4n) is 5.03. The van der Waals surface area contributed by atoms with Crippen molar-refractivity contribution in [3.8, 4) is 5.75 Å². The first-order valence-electron chi connectivity index (χ1n) is 12.2. The first-order valence-corrected chi connectivity index (χ1v) is 12.6. The molecular formula is C28H23ClF2N4O3. The van der Waals surface area contributed by atoms with Gasteiger partial charge in [0.2, 0.25) is 5.91 Å². The number of hydrogen-bond acceptors (Lipinski definition) is 4. The molecule has 2 aliphatic rings. The average Bonchev–Trinajstić information content (AvgIpc) is 3.59. The second kappa shape index (κ2) is 9.40. The van der Waals surface area contributed by atoms with Crippen molar-refractivity contribution in [2.45, 2.75) is 30.7 Å². The highest BCUT2D eigenvalue weighted by Gasteiger charge is 2.46. The zero-order valence-corrected chi connectivity index (χ0v) is 21.1. The molecule has 4 aromatic rings. The van der Waals surface area contributed by atoms with Crippen LogP contribution in [0, 0.1) is 11.6 Å². The van der Waals surface area contributed by atoms with Crippen LogP contribution in [0.25, 0.3) is 5.65 Å². The number of nitrogens with one attached hydrogen (secondary N) is 1. The van der Waals surface area contributed by atoms with Crippen LogP contribution < -0.4 is 15.0 Å². The van der Waals surface area contributed by atoms with E-state index in [1.54, 1.807) is 24.3 Å². The molecule has 2 aromatic carbocycles. The van der Waals surface area contributed by atoms with E-state index in [-0.39, 0.29) is 23.4 Å². The number of carbonyl (C=O) groups excluding carboxylic acids is 2. The lowest BCUT2D eigenvalue weighted by molar-refractivity contribution is -0.118. The van der Waals surface area contributed by atoms with E-state index in [0.717, 1.165) is 30.7 Å². The summed E-state index contributed by atoms with van der Waals surface area (Å²) in [6, 6.07) is 10.6. The van der Waals surface area contributed by atoms with Crippen molar-refractivity contribution in [2.75, 3.05) is 18.6 Å². The van der Waals surface area contributed by atoms with Crippen LogP contribution in [0.3, 0.4) is 0 Å². The minimum atomic E-state index is -1.23. The minimum absolute atomic E-state index is 0.0152.